The molecule has 3 fully saturated rings. The van der Waals surface area contributed by atoms with Crippen LogP contribution in [-0.4, -0.2) is 82.7 Å². The average molecular weight is 530 g/mol. The molecule has 200 valence electrons. The number of fused-ring (bicyclic) bond motifs is 1. The number of β-amino-alcohol motifs (C(OH)–C–C–N with tert-alkyl or cyclic N) is 1. The molecule has 0 saturated carbocycles. The molecule has 1 aromatic rings. The van der Waals surface area contributed by atoms with Gasteiger partial charge in [-0.2, -0.15) is 0 Å². The first-order valence-corrected chi connectivity index (χ1v) is 13.3. The smallest absolute Gasteiger partial charge is 0.253 e. The molecule has 1 N–H and O–H groups in total. The second-order valence-electron chi connectivity index (χ2n) is 10.3. The van der Waals surface area contributed by atoms with Gasteiger partial charge in [-0.05, 0) is 50.5 Å². The third-order valence-electron chi connectivity index (χ3n) is 7.99. The Labute approximate surface area is 223 Å². The Balaban J connectivity index is 1.78. The van der Waals surface area contributed by atoms with Crippen molar-refractivity contribution in [3.8, 4) is 0 Å². The minimum atomic E-state index is -1.16. The van der Waals surface area contributed by atoms with Crippen LogP contribution in [0.4, 0.5) is 5.69 Å². The van der Waals surface area contributed by atoms with Crippen molar-refractivity contribution in [2.45, 2.75) is 50.4 Å². The third kappa shape index (κ3) is 4.39. The van der Waals surface area contributed by atoms with Crippen LogP contribution in [0.5, 0.6) is 0 Å². The van der Waals surface area contributed by atoms with Crippen molar-refractivity contribution < 1.29 is 24.2 Å². The van der Waals surface area contributed by atoms with Crippen LogP contribution in [0.3, 0.4) is 0 Å². The summed E-state index contributed by atoms with van der Waals surface area (Å²) in [5.41, 5.74) is -1.41. The van der Waals surface area contributed by atoms with Crippen molar-refractivity contribution >= 4 is 35.0 Å². The van der Waals surface area contributed by atoms with Gasteiger partial charge in [-0.15, -0.1) is 13.2 Å². The van der Waals surface area contributed by atoms with Crippen molar-refractivity contribution in [3.63, 3.8) is 0 Å². The Morgan fingerprint density at radius 1 is 1.19 bits per heavy atom. The van der Waals surface area contributed by atoms with E-state index < -0.39 is 29.1 Å². The number of carbonyl (C=O) groups is 3. The minimum absolute atomic E-state index is 0.0254. The van der Waals surface area contributed by atoms with Gasteiger partial charge in [0.2, 0.25) is 11.8 Å². The Morgan fingerprint density at radius 3 is 2.46 bits per heavy atom. The van der Waals surface area contributed by atoms with E-state index in [1.807, 2.05) is 13.8 Å². The van der Waals surface area contributed by atoms with Crippen LogP contribution in [0.1, 0.15) is 33.1 Å². The summed E-state index contributed by atoms with van der Waals surface area (Å²) in [5.74, 6) is -2.33. The maximum Gasteiger partial charge on any atom is 0.253 e. The molecule has 9 heteroatoms. The Kier molecular flexibility index (Phi) is 7.83. The number of ether oxygens (including phenoxy) is 1. The lowest BCUT2D eigenvalue weighted by atomic mass is 9.66. The molecule has 3 amide bonds. The lowest BCUT2D eigenvalue weighted by molar-refractivity contribution is -0.149. The largest absolute Gasteiger partial charge is 0.395 e. The van der Waals surface area contributed by atoms with Crippen LogP contribution >= 0.6 is 11.6 Å². The lowest BCUT2D eigenvalue weighted by Crippen LogP contribution is -2.57. The summed E-state index contributed by atoms with van der Waals surface area (Å²) in [5, 5.41) is 10.4. The zero-order chi connectivity index (χ0) is 27.0. The SMILES string of the molecule is C=CCN(CCC)C(=O)[C@@H]1[C@H]2C(=O)N(CCO)C(C(=O)N(CC=C)c3ccc(Cl)cc3)C23CC[C@@]1(C)O3. The highest BCUT2D eigenvalue weighted by Crippen LogP contribution is 2.63. The van der Waals surface area contributed by atoms with E-state index >= 15 is 0 Å². The first-order valence-electron chi connectivity index (χ1n) is 12.9. The minimum Gasteiger partial charge on any atom is -0.395 e. The van der Waals surface area contributed by atoms with Crippen molar-refractivity contribution in [3.05, 3.63) is 54.6 Å². The van der Waals surface area contributed by atoms with Crippen LogP contribution < -0.4 is 4.90 Å². The van der Waals surface area contributed by atoms with E-state index in [0.29, 0.717) is 36.6 Å². The van der Waals surface area contributed by atoms with Crippen LogP contribution in [0.2, 0.25) is 5.02 Å². The molecule has 0 aromatic heterocycles. The lowest BCUT2D eigenvalue weighted by Gasteiger charge is -2.36. The van der Waals surface area contributed by atoms with Gasteiger partial charge in [0, 0.05) is 36.9 Å². The molecule has 2 bridgehead atoms. The number of nitrogens with zero attached hydrogens (tertiary/aromatic N) is 3. The molecular formula is C28H36ClN3O5. The number of aliphatic hydroxyl groups is 1. The summed E-state index contributed by atoms with van der Waals surface area (Å²) < 4.78 is 6.66. The van der Waals surface area contributed by atoms with E-state index in [1.54, 1.807) is 46.2 Å². The molecule has 3 heterocycles. The van der Waals surface area contributed by atoms with Crippen molar-refractivity contribution in [1.82, 2.24) is 9.80 Å². The summed E-state index contributed by atoms with van der Waals surface area (Å²) in [6.07, 6.45) is 5.09. The summed E-state index contributed by atoms with van der Waals surface area (Å²) in [6, 6.07) is 5.89. The highest BCUT2D eigenvalue weighted by Gasteiger charge is 2.78. The van der Waals surface area contributed by atoms with Crippen molar-refractivity contribution in [2.75, 3.05) is 37.7 Å². The summed E-state index contributed by atoms with van der Waals surface area (Å²) in [6.45, 7) is 12.3. The third-order valence-corrected chi connectivity index (χ3v) is 8.24. The molecule has 3 aliphatic rings. The highest BCUT2D eigenvalue weighted by atomic mass is 35.5. The fourth-order valence-electron chi connectivity index (χ4n) is 6.56. The quantitative estimate of drug-likeness (QED) is 0.445. The predicted octanol–water partition coefficient (Wildman–Crippen LogP) is 3.04. The van der Waals surface area contributed by atoms with Gasteiger partial charge in [-0.25, -0.2) is 0 Å². The van der Waals surface area contributed by atoms with Crippen LogP contribution in [0.15, 0.2) is 49.6 Å². The van der Waals surface area contributed by atoms with Crippen molar-refractivity contribution in [1.29, 1.82) is 0 Å². The maximum atomic E-state index is 14.3. The Morgan fingerprint density at radius 2 is 1.86 bits per heavy atom. The van der Waals surface area contributed by atoms with Gasteiger partial charge in [0.05, 0.1) is 24.0 Å². The molecule has 0 radical (unpaired) electrons. The van der Waals surface area contributed by atoms with E-state index in [4.69, 9.17) is 16.3 Å². The van der Waals surface area contributed by atoms with E-state index in [1.165, 1.54) is 4.90 Å². The molecule has 1 aromatic carbocycles. The molecule has 0 aliphatic carbocycles. The van der Waals surface area contributed by atoms with Gasteiger partial charge in [-0.3, -0.25) is 14.4 Å². The molecule has 3 aliphatic heterocycles. The van der Waals surface area contributed by atoms with Crippen LogP contribution in [0.25, 0.3) is 0 Å². The zero-order valence-electron chi connectivity index (χ0n) is 21.6. The Bertz CT molecular complexity index is 1080. The highest BCUT2D eigenvalue weighted by molar-refractivity contribution is 6.30. The molecule has 8 nitrogen and oxygen atoms in total. The zero-order valence-corrected chi connectivity index (χ0v) is 22.3. The predicted molar refractivity (Wildman–Crippen MR) is 142 cm³/mol. The van der Waals surface area contributed by atoms with Gasteiger partial charge in [0.25, 0.3) is 5.91 Å². The summed E-state index contributed by atoms with van der Waals surface area (Å²) >= 11 is 6.07. The number of anilines is 1. The van der Waals surface area contributed by atoms with E-state index in [9.17, 15) is 19.5 Å². The fourth-order valence-corrected chi connectivity index (χ4v) is 6.69. The molecular weight excluding hydrogens is 494 g/mol. The number of carbonyl (C=O) groups excluding carboxylic acids is 3. The van der Waals surface area contributed by atoms with Crippen LogP contribution in [-0.2, 0) is 19.1 Å². The first kappa shape index (κ1) is 27.4. The van der Waals surface area contributed by atoms with Crippen molar-refractivity contribution in [2.24, 2.45) is 11.8 Å². The first-order chi connectivity index (χ1) is 17.7. The standard InChI is InChI=1S/C28H36ClN3O5/c1-5-14-30(15-6-2)24(34)21-22-25(35)32(17-18-33)23(28(22)13-12-27(21,4)37-28)26(36)31(16-7-3)20-10-8-19(29)9-11-20/h5,7-11,21-23,33H,1,3,6,12-18H2,2,4H3/t21-,22-,23?,27+,28?/m0/s1. The summed E-state index contributed by atoms with van der Waals surface area (Å²) in [4.78, 5) is 46.8. The molecule has 37 heavy (non-hydrogen) atoms. The number of hydrogen-bond donors (Lipinski definition) is 1. The monoisotopic (exact) mass is 529 g/mol. The molecule has 1 spiro atoms. The number of aliphatic hydroxyl groups excluding tert-OH is 1. The molecule has 2 unspecified atom stereocenters. The van der Waals surface area contributed by atoms with Gasteiger partial charge in [0.1, 0.15) is 11.6 Å². The number of benzene rings is 1. The number of hydrogen-bond acceptors (Lipinski definition) is 5. The normalized spacial score (nSPS) is 29.8. The molecule has 5 atom stereocenters. The van der Waals surface area contributed by atoms with E-state index in [2.05, 4.69) is 13.2 Å². The van der Waals surface area contributed by atoms with Gasteiger partial charge in [-0.1, -0.05) is 30.7 Å². The van der Waals surface area contributed by atoms with Gasteiger partial charge >= 0.3 is 0 Å². The van der Waals surface area contributed by atoms with Crippen LogP contribution in [0, 0.1) is 11.8 Å². The fraction of sp³-hybridized carbons (Fsp3) is 0.536. The number of amides is 3. The summed E-state index contributed by atoms with van der Waals surface area (Å²) in [7, 11) is 0. The second-order valence-corrected chi connectivity index (χ2v) is 10.7. The van der Waals surface area contributed by atoms with E-state index in [0.717, 1.165) is 6.42 Å². The second kappa shape index (κ2) is 10.6. The molecule has 4 rings (SSSR count). The van der Waals surface area contributed by atoms with Gasteiger partial charge < -0.3 is 24.5 Å². The topological polar surface area (TPSA) is 90.4 Å². The average Bonchev–Trinajstić information content (AvgIpc) is 3.43. The van der Waals surface area contributed by atoms with Gasteiger partial charge in [0.15, 0.2) is 0 Å². The van der Waals surface area contributed by atoms with E-state index in [-0.39, 0.29) is 37.4 Å². The number of rotatable bonds is 11. The number of likely N-dealkylation sites (tertiary alicyclic amines) is 1. The Hall–Kier alpha value is -2.68. The maximum absolute atomic E-state index is 14.3. The molecule has 3 saturated heterocycles. The number of halogens is 1.